The Kier molecular flexibility index (Phi) is 5.52. The molecule has 8 nitrogen and oxygen atoms in total. The lowest BCUT2D eigenvalue weighted by molar-refractivity contribution is -0.115. The number of nitrogens with zero attached hydrogens (tertiary/aromatic N) is 3. The molecule has 1 aliphatic rings. The third-order valence-corrected chi connectivity index (χ3v) is 4.28. The third-order valence-electron chi connectivity index (χ3n) is 4.28. The number of carbonyl (C=O) groups is 2. The fraction of sp³-hybridized carbons (Fsp3) is 0.389. The summed E-state index contributed by atoms with van der Waals surface area (Å²) in [5.41, 5.74) is 2.97. The second-order valence-corrected chi connectivity index (χ2v) is 6.17. The number of aryl methyl sites for hydroxylation is 2. The fourth-order valence-corrected chi connectivity index (χ4v) is 2.71. The summed E-state index contributed by atoms with van der Waals surface area (Å²) >= 11 is 0. The number of ether oxygens (including phenoxy) is 1. The first-order valence-corrected chi connectivity index (χ1v) is 8.54. The highest BCUT2D eigenvalue weighted by atomic mass is 16.5. The Labute approximate surface area is 152 Å². The molecule has 1 aliphatic heterocycles. The van der Waals surface area contributed by atoms with Gasteiger partial charge in [-0.15, -0.1) is 0 Å². The maximum atomic E-state index is 12.0. The van der Waals surface area contributed by atoms with E-state index in [1.807, 2.05) is 31.2 Å². The Morgan fingerprint density at radius 2 is 1.88 bits per heavy atom. The zero-order valence-electron chi connectivity index (χ0n) is 15.0. The minimum absolute atomic E-state index is 0.111. The monoisotopic (exact) mass is 357 g/mol. The summed E-state index contributed by atoms with van der Waals surface area (Å²) in [5.74, 6) is -0.656. The van der Waals surface area contributed by atoms with Crippen molar-refractivity contribution in [2.45, 2.75) is 6.92 Å². The zero-order valence-corrected chi connectivity index (χ0v) is 15.0. The number of rotatable bonds is 5. The molecule has 0 atom stereocenters. The minimum Gasteiger partial charge on any atom is -0.378 e. The van der Waals surface area contributed by atoms with Gasteiger partial charge in [0.05, 0.1) is 19.8 Å². The third kappa shape index (κ3) is 4.40. The average Bonchev–Trinajstić information content (AvgIpc) is 3.00. The largest absolute Gasteiger partial charge is 0.378 e. The molecule has 1 saturated heterocycles. The molecule has 26 heavy (non-hydrogen) atoms. The molecule has 0 aliphatic carbocycles. The second kappa shape index (κ2) is 8.01. The van der Waals surface area contributed by atoms with Crippen LogP contribution in [0.5, 0.6) is 0 Å². The average molecular weight is 357 g/mol. The number of morpholine rings is 1. The number of amides is 2. The molecule has 8 heteroatoms. The maximum Gasteiger partial charge on any atom is 0.272 e. The molecule has 2 N–H and O–H groups in total. The smallest absolute Gasteiger partial charge is 0.272 e. The first kappa shape index (κ1) is 17.9. The van der Waals surface area contributed by atoms with E-state index in [0.717, 1.165) is 37.7 Å². The standard InChI is InChI=1S/C18H23N5O3/c1-13-11-16(21-22(13)2)18(25)19-12-17(24)20-14-3-5-15(6-4-14)23-7-9-26-10-8-23/h3-6,11H,7-10,12H2,1-2H3,(H,19,25)(H,20,24). The molecule has 0 bridgehead atoms. The van der Waals surface area contributed by atoms with E-state index in [4.69, 9.17) is 4.74 Å². The molecule has 2 aromatic rings. The molecule has 0 radical (unpaired) electrons. The Bertz CT molecular complexity index is 759. The summed E-state index contributed by atoms with van der Waals surface area (Å²) in [5, 5.41) is 9.43. The molecule has 2 amide bonds. The van der Waals surface area contributed by atoms with Crippen LogP contribution >= 0.6 is 0 Å². The first-order chi connectivity index (χ1) is 12.5. The Morgan fingerprint density at radius 1 is 1.19 bits per heavy atom. The predicted octanol–water partition coefficient (Wildman–Crippen LogP) is 0.934. The van der Waals surface area contributed by atoms with Crippen molar-refractivity contribution in [3.8, 4) is 0 Å². The highest BCUT2D eigenvalue weighted by Gasteiger charge is 2.13. The van der Waals surface area contributed by atoms with Crippen LogP contribution in [-0.2, 0) is 16.6 Å². The SMILES string of the molecule is Cc1cc(C(=O)NCC(=O)Nc2ccc(N3CCOCC3)cc2)nn1C. The highest BCUT2D eigenvalue weighted by molar-refractivity contribution is 5.98. The summed E-state index contributed by atoms with van der Waals surface area (Å²) in [6.45, 7) is 4.94. The molecular formula is C18H23N5O3. The van der Waals surface area contributed by atoms with Crippen LogP contribution in [0.3, 0.4) is 0 Å². The van der Waals surface area contributed by atoms with Crippen LogP contribution in [0.1, 0.15) is 16.2 Å². The van der Waals surface area contributed by atoms with Gasteiger partial charge < -0.3 is 20.3 Å². The lowest BCUT2D eigenvalue weighted by Gasteiger charge is -2.28. The van der Waals surface area contributed by atoms with E-state index >= 15 is 0 Å². The first-order valence-electron chi connectivity index (χ1n) is 8.54. The van der Waals surface area contributed by atoms with Crippen LogP contribution in [0.15, 0.2) is 30.3 Å². The van der Waals surface area contributed by atoms with Crippen molar-refractivity contribution in [2.75, 3.05) is 43.1 Å². The van der Waals surface area contributed by atoms with Crippen LogP contribution < -0.4 is 15.5 Å². The number of nitrogens with one attached hydrogen (secondary N) is 2. The number of anilines is 2. The van der Waals surface area contributed by atoms with Crippen LogP contribution in [0.2, 0.25) is 0 Å². The molecule has 1 fully saturated rings. The number of aromatic nitrogens is 2. The molecule has 3 rings (SSSR count). The summed E-state index contributed by atoms with van der Waals surface area (Å²) in [4.78, 5) is 26.3. The van der Waals surface area contributed by atoms with Gasteiger partial charge in [0.25, 0.3) is 5.91 Å². The molecule has 1 aromatic carbocycles. The quantitative estimate of drug-likeness (QED) is 0.831. The minimum atomic E-state index is -0.369. The van der Waals surface area contributed by atoms with Gasteiger partial charge in [0.2, 0.25) is 5.91 Å². The Balaban J connectivity index is 1.49. The van der Waals surface area contributed by atoms with E-state index in [0.29, 0.717) is 11.4 Å². The Morgan fingerprint density at radius 3 is 2.50 bits per heavy atom. The van der Waals surface area contributed by atoms with Gasteiger partial charge in [0, 0.05) is 37.2 Å². The maximum absolute atomic E-state index is 12.0. The van der Waals surface area contributed by atoms with Crippen LogP contribution in [0, 0.1) is 6.92 Å². The summed E-state index contributed by atoms with van der Waals surface area (Å²) in [7, 11) is 1.76. The van der Waals surface area contributed by atoms with Gasteiger partial charge in [-0.2, -0.15) is 5.10 Å². The van der Waals surface area contributed by atoms with Crippen molar-refractivity contribution in [1.82, 2.24) is 15.1 Å². The molecule has 138 valence electrons. The highest BCUT2D eigenvalue weighted by Crippen LogP contribution is 2.18. The van der Waals surface area contributed by atoms with Crippen molar-refractivity contribution < 1.29 is 14.3 Å². The summed E-state index contributed by atoms with van der Waals surface area (Å²) < 4.78 is 6.96. The van der Waals surface area contributed by atoms with Crippen molar-refractivity contribution >= 4 is 23.2 Å². The number of hydrogen-bond acceptors (Lipinski definition) is 5. The van der Waals surface area contributed by atoms with Gasteiger partial charge in [-0.05, 0) is 37.3 Å². The van der Waals surface area contributed by atoms with E-state index in [2.05, 4.69) is 20.6 Å². The van der Waals surface area contributed by atoms with Gasteiger partial charge in [0.15, 0.2) is 0 Å². The van der Waals surface area contributed by atoms with Gasteiger partial charge >= 0.3 is 0 Å². The van der Waals surface area contributed by atoms with Gasteiger partial charge in [-0.1, -0.05) is 0 Å². The van der Waals surface area contributed by atoms with E-state index in [-0.39, 0.29) is 18.4 Å². The van der Waals surface area contributed by atoms with Crippen molar-refractivity contribution in [1.29, 1.82) is 0 Å². The van der Waals surface area contributed by atoms with Crippen LogP contribution in [-0.4, -0.2) is 54.4 Å². The topological polar surface area (TPSA) is 88.5 Å². The molecular weight excluding hydrogens is 334 g/mol. The number of hydrogen-bond donors (Lipinski definition) is 2. The Hall–Kier alpha value is -2.87. The van der Waals surface area contributed by atoms with E-state index in [9.17, 15) is 9.59 Å². The number of carbonyl (C=O) groups excluding carboxylic acids is 2. The normalized spacial score (nSPS) is 14.2. The van der Waals surface area contributed by atoms with Crippen molar-refractivity contribution in [3.63, 3.8) is 0 Å². The van der Waals surface area contributed by atoms with Gasteiger partial charge in [-0.25, -0.2) is 0 Å². The second-order valence-electron chi connectivity index (χ2n) is 6.17. The van der Waals surface area contributed by atoms with E-state index < -0.39 is 0 Å². The molecule has 0 unspecified atom stereocenters. The van der Waals surface area contributed by atoms with E-state index in [1.165, 1.54) is 0 Å². The number of benzene rings is 1. The fourth-order valence-electron chi connectivity index (χ4n) is 2.71. The van der Waals surface area contributed by atoms with E-state index in [1.54, 1.807) is 17.8 Å². The molecule has 1 aromatic heterocycles. The lowest BCUT2D eigenvalue weighted by Crippen LogP contribution is -2.36. The van der Waals surface area contributed by atoms with Crippen LogP contribution in [0.25, 0.3) is 0 Å². The predicted molar refractivity (Wildman–Crippen MR) is 98.4 cm³/mol. The zero-order chi connectivity index (χ0) is 18.5. The van der Waals surface area contributed by atoms with Gasteiger partial charge in [0.1, 0.15) is 5.69 Å². The summed E-state index contributed by atoms with van der Waals surface area (Å²) in [6, 6.07) is 9.32. The van der Waals surface area contributed by atoms with Crippen molar-refractivity contribution in [3.05, 3.63) is 41.7 Å². The van der Waals surface area contributed by atoms with Crippen LogP contribution in [0.4, 0.5) is 11.4 Å². The molecule has 0 spiro atoms. The molecule has 2 heterocycles. The van der Waals surface area contributed by atoms with Crippen molar-refractivity contribution in [2.24, 2.45) is 7.05 Å². The molecule has 0 saturated carbocycles. The summed E-state index contributed by atoms with van der Waals surface area (Å²) in [6.07, 6.45) is 0. The lowest BCUT2D eigenvalue weighted by atomic mass is 10.2. The van der Waals surface area contributed by atoms with Gasteiger partial charge in [-0.3, -0.25) is 14.3 Å².